The van der Waals surface area contributed by atoms with Crippen molar-refractivity contribution in [1.82, 2.24) is 5.32 Å². The van der Waals surface area contributed by atoms with Crippen LogP contribution in [0.3, 0.4) is 0 Å². The highest BCUT2D eigenvalue weighted by Gasteiger charge is 2.33. The van der Waals surface area contributed by atoms with E-state index < -0.39 is 0 Å². The molecule has 1 N–H and O–H groups in total. The van der Waals surface area contributed by atoms with E-state index in [0.717, 1.165) is 12.8 Å². The van der Waals surface area contributed by atoms with Gasteiger partial charge in [0.05, 0.1) is 5.54 Å². The van der Waals surface area contributed by atoms with Gasteiger partial charge in [-0.15, -0.1) is 0 Å². The first-order valence-electron chi connectivity index (χ1n) is 3.61. The van der Waals surface area contributed by atoms with Crippen molar-refractivity contribution in [2.75, 3.05) is 6.61 Å². The summed E-state index contributed by atoms with van der Waals surface area (Å²) in [5.74, 6) is 0. The molecule has 0 spiro atoms. The van der Waals surface area contributed by atoms with Crippen molar-refractivity contribution in [2.45, 2.75) is 32.2 Å². The van der Waals surface area contributed by atoms with E-state index in [0.29, 0.717) is 6.61 Å². The maximum atomic E-state index is 10.6. The van der Waals surface area contributed by atoms with Gasteiger partial charge in [-0.3, -0.25) is 0 Å². The van der Waals surface area contributed by atoms with Crippen molar-refractivity contribution >= 4 is 6.09 Å². The molecule has 1 aliphatic rings. The van der Waals surface area contributed by atoms with Crippen LogP contribution in [0.4, 0.5) is 4.79 Å². The van der Waals surface area contributed by atoms with Gasteiger partial charge in [-0.2, -0.15) is 0 Å². The number of ether oxygens (including phenoxy) is 1. The molecule has 0 saturated carbocycles. The largest absolute Gasteiger partial charge is 0.447 e. The number of carbonyl (C=O) groups is 1. The molecule has 1 rings (SSSR count). The van der Waals surface area contributed by atoms with E-state index in [1.165, 1.54) is 0 Å². The molecule has 1 atom stereocenters. The molecule has 0 aromatic rings. The molecule has 0 bridgehead atoms. The Balaban J connectivity index is 2.46. The summed E-state index contributed by atoms with van der Waals surface area (Å²) < 4.78 is 4.77. The number of hydrogen-bond donors (Lipinski definition) is 1. The predicted octanol–water partition coefficient (Wildman–Crippen LogP) is 1.28. The lowest BCUT2D eigenvalue weighted by Crippen LogP contribution is -2.39. The molecule has 0 aliphatic carbocycles. The fraction of sp³-hybridized carbons (Fsp3) is 0.857. The van der Waals surface area contributed by atoms with Gasteiger partial charge in [0.25, 0.3) is 0 Å². The smallest absolute Gasteiger partial charge is 0.407 e. The van der Waals surface area contributed by atoms with Crippen LogP contribution in [0.5, 0.6) is 0 Å². The third-order valence-corrected chi connectivity index (χ3v) is 1.73. The second-order valence-corrected chi connectivity index (χ2v) is 3.01. The predicted molar refractivity (Wildman–Crippen MR) is 37.8 cm³/mol. The van der Waals surface area contributed by atoms with Gasteiger partial charge in [0.2, 0.25) is 0 Å². The van der Waals surface area contributed by atoms with E-state index in [4.69, 9.17) is 4.74 Å². The fourth-order valence-electron chi connectivity index (χ4n) is 1.23. The quantitative estimate of drug-likeness (QED) is 0.632. The lowest BCUT2D eigenvalue weighted by atomic mass is 9.99. The molecule has 1 amide bonds. The average Bonchev–Trinajstić information content (AvgIpc) is 2.12. The van der Waals surface area contributed by atoms with Gasteiger partial charge >= 0.3 is 6.09 Å². The van der Waals surface area contributed by atoms with Crippen LogP contribution in [0.25, 0.3) is 0 Å². The van der Waals surface area contributed by atoms with Crippen molar-refractivity contribution in [3.8, 4) is 0 Å². The Morgan fingerprint density at radius 2 is 2.50 bits per heavy atom. The minimum atomic E-state index is -0.282. The van der Waals surface area contributed by atoms with Crippen LogP contribution in [0.2, 0.25) is 0 Å². The number of carbonyl (C=O) groups excluding carboxylic acids is 1. The highest BCUT2D eigenvalue weighted by molar-refractivity contribution is 5.70. The molecule has 1 aliphatic heterocycles. The Bertz CT molecular complexity index is 147. The summed E-state index contributed by atoms with van der Waals surface area (Å²) in [6.07, 6.45) is 1.77. The van der Waals surface area contributed by atoms with Crippen LogP contribution in [0, 0.1) is 0 Å². The maximum Gasteiger partial charge on any atom is 0.407 e. The van der Waals surface area contributed by atoms with Crippen molar-refractivity contribution in [1.29, 1.82) is 0 Å². The molecule has 0 unspecified atom stereocenters. The first-order chi connectivity index (χ1) is 4.66. The van der Waals surface area contributed by atoms with Gasteiger partial charge in [0.1, 0.15) is 6.61 Å². The van der Waals surface area contributed by atoms with Crippen LogP contribution in [-0.2, 0) is 4.74 Å². The molecule has 0 aromatic carbocycles. The second kappa shape index (κ2) is 2.48. The van der Waals surface area contributed by atoms with Crippen molar-refractivity contribution in [2.24, 2.45) is 0 Å². The van der Waals surface area contributed by atoms with Gasteiger partial charge in [-0.25, -0.2) is 4.79 Å². The van der Waals surface area contributed by atoms with Crippen molar-refractivity contribution < 1.29 is 9.53 Å². The lowest BCUT2D eigenvalue weighted by Gasteiger charge is -2.18. The first kappa shape index (κ1) is 7.38. The Labute approximate surface area is 60.7 Å². The molecule has 58 valence electrons. The van der Waals surface area contributed by atoms with E-state index in [-0.39, 0.29) is 11.6 Å². The normalized spacial score (nSPS) is 31.6. The first-order valence-corrected chi connectivity index (χ1v) is 3.61. The van der Waals surface area contributed by atoms with Crippen LogP contribution < -0.4 is 5.32 Å². The van der Waals surface area contributed by atoms with Gasteiger partial charge < -0.3 is 10.1 Å². The molecule has 0 aromatic heterocycles. The van der Waals surface area contributed by atoms with Gasteiger partial charge in [0, 0.05) is 0 Å². The summed E-state index contributed by atoms with van der Waals surface area (Å²) >= 11 is 0. The summed E-state index contributed by atoms with van der Waals surface area (Å²) in [7, 11) is 0. The monoisotopic (exact) mass is 143 g/mol. The highest BCUT2D eigenvalue weighted by atomic mass is 16.6. The molecule has 3 nitrogen and oxygen atoms in total. The number of alkyl carbamates (subject to hydrolysis) is 1. The van der Waals surface area contributed by atoms with E-state index in [1.807, 2.05) is 6.92 Å². The SMILES string of the molecule is CCC[C@@]1(C)COC(=O)N1. The number of nitrogens with one attached hydrogen (secondary N) is 1. The fourth-order valence-corrected chi connectivity index (χ4v) is 1.23. The highest BCUT2D eigenvalue weighted by Crippen LogP contribution is 2.17. The molecule has 10 heavy (non-hydrogen) atoms. The zero-order valence-corrected chi connectivity index (χ0v) is 6.44. The van der Waals surface area contributed by atoms with E-state index >= 15 is 0 Å². The minimum absolute atomic E-state index is 0.105. The molecule has 0 radical (unpaired) electrons. The van der Waals surface area contributed by atoms with E-state index in [9.17, 15) is 4.79 Å². The standard InChI is InChI=1S/C7H13NO2/c1-3-4-7(2)5-10-6(9)8-7/h3-5H2,1-2H3,(H,8,9)/t7-/m0/s1. The van der Waals surface area contributed by atoms with E-state index in [1.54, 1.807) is 0 Å². The lowest BCUT2D eigenvalue weighted by molar-refractivity contribution is 0.172. The maximum absolute atomic E-state index is 10.6. The topological polar surface area (TPSA) is 38.3 Å². The molecule has 3 heteroatoms. The van der Waals surface area contributed by atoms with Crippen LogP contribution in [0.15, 0.2) is 0 Å². The summed E-state index contributed by atoms with van der Waals surface area (Å²) in [6, 6.07) is 0. The van der Waals surface area contributed by atoms with Gasteiger partial charge in [-0.1, -0.05) is 13.3 Å². The summed E-state index contributed by atoms with van der Waals surface area (Å²) in [5.41, 5.74) is -0.105. The number of rotatable bonds is 2. The Morgan fingerprint density at radius 3 is 2.90 bits per heavy atom. The van der Waals surface area contributed by atoms with Crippen molar-refractivity contribution in [3.05, 3.63) is 0 Å². The third kappa shape index (κ3) is 1.40. The number of hydrogen-bond acceptors (Lipinski definition) is 2. The molecular formula is C7H13NO2. The second-order valence-electron chi connectivity index (χ2n) is 3.01. The van der Waals surface area contributed by atoms with Crippen molar-refractivity contribution in [3.63, 3.8) is 0 Å². The molecule has 1 heterocycles. The van der Waals surface area contributed by atoms with Crippen LogP contribution in [0.1, 0.15) is 26.7 Å². The van der Waals surface area contributed by atoms with Crippen LogP contribution in [-0.4, -0.2) is 18.2 Å². The number of cyclic esters (lactones) is 1. The van der Waals surface area contributed by atoms with Gasteiger partial charge in [0.15, 0.2) is 0 Å². The Kier molecular flexibility index (Phi) is 1.83. The van der Waals surface area contributed by atoms with E-state index in [2.05, 4.69) is 12.2 Å². The summed E-state index contributed by atoms with van der Waals surface area (Å²) in [6.45, 7) is 4.61. The minimum Gasteiger partial charge on any atom is -0.447 e. The zero-order valence-electron chi connectivity index (χ0n) is 6.44. The zero-order chi connectivity index (χ0) is 7.61. The summed E-state index contributed by atoms with van der Waals surface area (Å²) in [4.78, 5) is 10.6. The van der Waals surface area contributed by atoms with Gasteiger partial charge in [-0.05, 0) is 13.3 Å². The summed E-state index contributed by atoms with van der Waals surface area (Å²) in [5, 5.41) is 2.77. The molecular weight excluding hydrogens is 130 g/mol. The molecule has 1 fully saturated rings. The Hall–Kier alpha value is -0.730. The third-order valence-electron chi connectivity index (χ3n) is 1.73. The number of amides is 1. The van der Waals surface area contributed by atoms with Crippen LogP contribution >= 0.6 is 0 Å². The molecule has 1 saturated heterocycles. The Morgan fingerprint density at radius 1 is 1.80 bits per heavy atom. The average molecular weight is 143 g/mol.